The number of nitrogens with zero attached hydrogens (tertiary/aromatic N) is 2. The predicted octanol–water partition coefficient (Wildman–Crippen LogP) is 4.83. The maximum atomic E-state index is 12.6. The standard InChI is InChI=1S/C27H30N2O6/c1-18-23(28-24(35-18)21-8-7-19-5-2-3-6-20(19)17-21)11-16-33-26(32)29-13-9-22(10-14-29)27(25(30)31)12-4-15-34-27/h2-3,5-8,17,22H,4,9-16H2,1H3,(H,30,31). The van der Waals surface area contributed by atoms with Crippen LogP contribution in [0.1, 0.15) is 37.1 Å². The molecule has 2 aliphatic rings. The minimum Gasteiger partial charge on any atom is -0.479 e. The highest BCUT2D eigenvalue weighted by Gasteiger charge is 2.50. The van der Waals surface area contributed by atoms with E-state index < -0.39 is 11.6 Å². The summed E-state index contributed by atoms with van der Waals surface area (Å²) in [7, 11) is 0. The summed E-state index contributed by atoms with van der Waals surface area (Å²) in [5, 5.41) is 12.0. The molecule has 1 N–H and O–H groups in total. The highest BCUT2D eigenvalue weighted by Crippen LogP contribution is 2.39. The Kier molecular flexibility index (Phi) is 6.47. The molecule has 8 nitrogen and oxygen atoms in total. The van der Waals surface area contributed by atoms with Gasteiger partial charge in [0, 0.05) is 37.6 Å². The van der Waals surface area contributed by atoms with Crippen LogP contribution in [-0.4, -0.2) is 59.0 Å². The van der Waals surface area contributed by atoms with E-state index in [2.05, 4.69) is 23.2 Å². The summed E-state index contributed by atoms with van der Waals surface area (Å²) in [4.78, 5) is 30.7. The molecule has 184 valence electrons. The molecule has 3 aromatic rings. The van der Waals surface area contributed by atoms with Gasteiger partial charge in [-0.25, -0.2) is 14.6 Å². The van der Waals surface area contributed by atoms with Crippen molar-refractivity contribution in [3.63, 3.8) is 0 Å². The second kappa shape index (κ2) is 9.70. The number of oxazole rings is 1. The van der Waals surface area contributed by atoms with Gasteiger partial charge in [0.1, 0.15) is 5.76 Å². The van der Waals surface area contributed by atoms with E-state index in [4.69, 9.17) is 13.9 Å². The summed E-state index contributed by atoms with van der Waals surface area (Å²) in [6.07, 6.45) is 2.57. The molecule has 1 unspecified atom stereocenters. The molecule has 3 heterocycles. The van der Waals surface area contributed by atoms with Gasteiger partial charge >= 0.3 is 12.1 Å². The van der Waals surface area contributed by atoms with E-state index in [0.717, 1.165) is 28.5 Å². The zero-order valence-electron chi connectivity index (χ0n) is 19.9. The van der Waals surface area contributed by atoms with Crippen LogP contribution in [0.25, 0.3) is 22.2 Å². The van der Waals surface area contributed by atoms with Crippen molar-refractivity contribution in [3.8, 4) is 11.5 Å². The van der Waals surface area contributed by atoms with Crippen LogP contribution in [0.4, 0.5) is 4.79 Å². The van der Waals surface area contributed by atoms with Crippen LogP contribution >= 0.6 is 0 Å². The zero-order valence-corrected chi connectivity index (χ0v) is 19.9. The van der Waals surface area contributed by atoms with Crippen molar-refractivity contribution >= 4 is 22.8 Å². The van der Waals surface area contributed by atoms with Crippen LogP contribution in [0.5, 0.6) is 0 Å². The van der Waals surface area contributed by atoms with Crippen molar-refractivity contribution in [1.29, 1.82) is 0 Å². The predicted molar refractivity (Wildman–Crippen MR) is 129 cm³/mol. The minimum atomic E-state index is -1.09. The van der Waals surface area contributed by atoms with Crippen molar-refractivity contribution in [1.82, 2.24) is 9.88 Å². The quantitative estimate of drug-likeness (QED) is 0.541. The van der Waals surface area contributed by atoms with Crippen LogP contribution in [0, 0.1) is 12.8 Å². The lowest BCUT2D eigenvalue weighted by molar-refractivity contribution is -0.169. The van der Waals surface area contributed by atoms with Gasteiger partial charge in [0.25, 0.3) is 0 Å². The average Bonchev–Trinajstić information content (AvgIpc) is 3.52. The third-order valence-electron chi connectivity index (χ3n) is 7.28. The topological polar surface area (TPSA) is 102 Å². The Hall–Kier alpha value is -3.39. The number of carbonyl (C=O) groups is 2. The number of benzene rings is 2. The number of fused-ring (bicyclic) bond motifs is 1. The van der Waals surface area contributed by atoms with Crippen molar-refractivity contribution in [2.45, 2.75) is 44.6 Å². The van der Waals surface area contributed by atoms with E-state index >= 15 is 0 Å². The largest absolute Gasteiger partial charge is 0.479 e. The Labute approximate surface area is 203 Å². The number of carboxylic acids is 1. The summed E-state index contributed by atoms with van der Waals surface area (Å²) in [5.41, 5.74) is 0.577. The van der Waals surface area contributed by atoms with E-state index in [1.54, 1.807) is 4.90 Å². The van der Waals surface area contributed by atoms with Crippen molar-refractivity contribution in [3.05, 3.63) is 53.9 Å². The molecule has 2 aliphatic heterocycles. The smallest absolute Gasteiger partial charge is 0.409 e. The van der Waals surface area contributed by atoms with Crippen LogP contribution < -0.4 is 0 Å². The molecule has 0 radical (unpaired) electrons. The SMILES string of the molecule is Cc1oc(-c2ccc3ccccc3c2)nc1CCOC(=O)N1CCC(C2(C(=O)O)CCCO2)CC1. The molecule has 1 aromatic heterocycles. The number of likely N-dealkylation sites (tertiary alicyclic amines) is 1. The zero-order chi connectivity index (χ0) is 24.4. The number of piperidine rings is 1. The molecule has 8 heteroatoms. The highest BCUT2D eigenvalue weighted by atomic mass is 16.6. The Bertz CT molecular complexity index is 1220. The number of hydrogen-bond acceptors (Lipinski definition) is 6. The fraction of sp³-hybridized carbons (Fsp3) is 0.444. The normalized spacial score (nSPS) is 20.9. The van der Waals surface area contributed by atoms with Gasteiger partial charge in [0.05, 0.1) is 12.3 Å². The number of carbonyl (C=O) groups excluding carboxylic acids is 1. The molecule has 0 aliphatic carbocycles. The molecule has 0 saturated carbocycles. The molecule has 2 aromatic carbocycles. The number of aliphatic carboxylic acids is 1. The van der Waals surface area contributed by atoms with E-state index in [0.29, 0.717) is 57.0 Å². The molecule has 0 spiro atoms. The van der Waals surface area contributed by atoms with Gasteiger partial charge in [-0.05, 0) is 55.5 Å². The minimum absolute atomic E-state index is 0.0853. The van der Waals surface area contributed by atoms with Crippen LogP contribution in [0.15, 0.2) is 46.9 Å². The van der Waals surface area contributed by atoms with Gasteiger partial charge in [-0.2, -0.15) is 0 Å². The Morgan fingerprint density at radius 3 is 2.66 bits per heavy atom. The Morgan fingerprint density at radius 1 is 1.17 bits per heavy atom. The van der Waals surface area contributed by atoms with Crippen molar-refractivity contribution in [2.24, 2.45) is 5.92 Å². The number of ether oxygens (including phenoxy) is 2. The van der Waals surface area contributed by atoms with Gasteiger partial charge in [-0.15, -0.1) is 0 Å². The maximum Gasteiger partial charge on any atom is 0.409 e. The Balaban J connectivity index is 1.14. The molecular formula is C27H30N2O6. The lowest BCUT2D eigenvalue weighted by Crippen LogP contribution is -2.51. The van der Waals surface area contributed by atoms with Gasteiger partial charge in [-0.3, -0.25) is 0 Å². The van der Waals surface area contributed by atoms with E-state index in [-0.39, 0.29) is 18.6 Å². The van der Waals surface area contributed by atoms with Gasteiger partial charge in [0.15, 0.2) is 5.60 Å². The summed E-state index contributed by atoms with van der Waals surface area (Å²) in [6.45, 7) is 3.49. The van der Waals surface area contributed by atoms with E-state index in [1.165, 1.54) is 0 Å². The number of hydrogen-bond donors (Lipinski definition) is 1. The van der Waals surface area contributed by atoms with Crippen LogP contribution in [0.3, 0.4) is 0 Å². The molecule has 1 atom stereocenters. The van der Waals surface area contributed by atoms with Crippen molar-refractivity contribution < 1.29 is 28.6 Å². The van der Waals surface area contributed by atoms with Gasteiger partial charge in [-0.1, -0.05) is 30.3 Å². The molecule has 0 bridgehead atoms. The summed E-state index contributed by atoms with van der Waals surface area (Å²) >= 11 is 0. The first-order valence-corrected chi connectivity index (χ1v) is 12.2. The highest BCUT2D eigenvalue weighted by molar-refractivity contribution is 5.86. The average molecular weight is 479 g/mol. The molecule has 35 heavy (non-hydrogen) atoms. The van der Waals surface area contributed by atoms with Crippen LogP contribution in [-0.2, 0) is 20.7 Å². The van der Waals surface area contributed by atoms with Gasteiger partial charge in [0.2, 0.25) is 5.89 Å². The maximum absolute atomic E-state index is 12.6. The van der Waals surface area contributed by atoms with Crippen LogP contribution in [0.2, 0.25) is 0 Å². The molecule has 5 rings (SSSR count). The fourth-order valence-electron chi connectivity index (χ4n) is 5.29. The van der Waals surface area contributed by atoms with E-state index in [9.17, 15) is 14.7 Å². The van der Waals surface area contributed by atoms with E-state index in [1.807, 2.05) is 31.2 Å². The molecular weight excluding hydrogens is 448 g/mol. The summed E-state index contributed by atoms with van der Waals surface area (Å²) in [6, 6.07) is 14.2. The number of amides is 1. The molecule has 2 saturated heterocycles. The number of aromatic nitrogens is 1. The first kappa shape index (κ1) is 23.4. The first-order chi connectivity index (χ1) is 17.0. The fourth-order valence-corrected chi connectivity index (χ4v) is 5.29. The number of carboxylic acid groups (broad SMARTS) is 1. The van der Waals surface area contributed by atoms with Crippen molar-refractivity contribution in [2.75, 3.05) is 26.3 Å². The second-order valence-electron chi connectivity index (χ2n) is 9.36. The summed E-state index contributed by atoms with van der Waals surface area (Å²) < 4.78 is 17.1. The summed E-state index contributed by atoms with van der Waals surface area (Å²) in [5.74, 6) is 0.290. The van der Waals surface area contributed by atoms with Gasteiger partial charge < -0.3 is 23.9 Å². The lowest BCUT2D eigenvalue weighted by Gasteiger charge is -2.38. The Morgan fingerprint density at radius 2 is 1.94 bits per heavy atom. The third kappa shape index (κ3) is 4.62. The second-order valence-corrected chi connectivity index (χ2v) is 9.36. The number of aryl methyl sites for hydroxylation is 1. The lowest BCUT2D eigenvalue weighted by atomic mass is 9.78. The third-order valence-corrected chi connectivity index (χ3v) is 7.28. The number of rotatable bonds is 6. The first-order valence-electron chi connectivity index (χ1n) is 12.2. The monoisotopic (exact) mass is 478 g/mol. The molecule has 2 fully saturated rings. The molecule has 1 amide bonds.